The van der Waals surface area contributed by atoms with E-state index in [1.54, 1.807) is 37.4 Å². The molecule has 1 aromatic heterocycles. The maximum absolute atomic E-state index is 12.9. The number of hydrogen-bond donors (Lipinski definition) is 6. The van der Waals surface area contributed by atoms with Gasteiger partial charge in [-0.2, -0.15) is 0 Å². The second kappa shape index (κ2) is 13.1. The van der Waals surface area contributed by atoms with Crippen LogP contribution in [-0.4, -0.2) is 63.4 Å². The highest BCUT2D eigenvalue weighted by atomic mass is 16.4. The molecule has 0 spiro atoms. The fraction of sp³-hybridized carbons (Fsp3) is 0.435. The van der Waals surface area contributed by atoms with Crippen LogP contribution in [0.5, 0.6) is 0 Å². The number of aromatic nitrogens is 2. The number of benzene rings is 1. The van der Waals surface area contributed by atoms with Crippen molar-refractivity contribution in [3.8, 4) is 0 Å². The molecular weight excluding hydrogens is 440 g/mol. The number of aromatic amines is 1. The SMILES string of the molecule is CCC(C)C(NC(=O)C(Cc1ccccc1)NC(=O)CNC(=O)C(N)Cc1cnc[nH]1)C(=O)O. The summed E-state index contributed by atoms with van der Waals surface area (Å²) < 4.78 is 0. The van der Waals surface area contributed by atoms with Crippen molar-refractivity contribution in [3.05, 3.63) is 54.1 Å². The van der Waals surface area contributed by atoms with Gasteiger partial charge in [-0.05, 0) is 11.5 Å². The van der Waals surface area contributed by atoms with E-state index in [2.05, 4.69) is 25.9 Å². The zero-order chi connectivity index (χ0) is 25.1. The lowest BCUT2D eigenvalue weighted by atomic mass is 9.98. The van der Waals surface area contributed by atoms with Gasteiger partial charge in [0, 0.05) is 24.7 Å². The number of imidazole rings is 1. The maximum atomic E-state index is 12.9. The van der Waals surface area contributed by atoms with Crippen LogP contribution in [0.4, 0.5) is 0 Å². The van der Waals surface area contributed by atoms with Gasteiger partial charge in [0.05, 0.1) is 18.9 Å². The summed E-state index contributed by atoms with van der Waals surface area (Å²) in [6.45, 7) is 3.17. The molecule has 0 saturated carbocycles. The number of nitrogens with two attached hydrogens (primary N) is 1. The van der Waals surface area contributed by atoms with E-state index in [0.29, 0.717) is 12.1 Å². The number of carboxylic acids is 1. The molecule has 0 fully saturated rings. The Labute approximate surface area is 197 Å². The van der Waals surface area contributed by atoms with Crippen LogP contribution in [0, 0.1) is 5.92 Å². The number of rotatable bonds is 13. The molecule has 1 heterocycles. The zero-order valence-electron chi connectivity index (χ0n) is 19.3. The fourth-order valence-electron chi connectivity index (χ4n) is 3.27. The number of carbonyl (C=O) groups excluding carboxylic acids is 3. The highest BCUT2D eigenvalue weighted by Gasteiger charge is 2.30. The average molecular weight is 473 g/mol. The quantitative estimate of drug-likeness (QED) is 0.232. The van der Waals surface area contributed by atoms with E-state index in [0.717, 1.165) is 5.56 Å². The number of aliphatic carboxylic acids is 1. The molecular formula is C23H32N6O5. The molecule has 0 radical (unpaired) electrons. The largest absolute Gasteiger partial charge is 0.480 e. The molecule has 3 amide bonds. The minimum absolute atomic E-state index is 0.151. The van der Waals surface area contributed by atoms with Gasteiger partial charge in [0.15, 0.2) is 0 Å². The first kappa shape index (κ1) is 26.5. The number of carboxylic acid groups (broad SMARTS) is 1. The Morgan fingerprint density at radius 1 is 1.09 bits per heavy atom. The minimum Gasteiger partial charge on any atom is -0.480 e. The number of carbonyl (C=O) groups is 4. The summed E-state index contributed by atoms with van der Waals surface area (Å²) in [7, 11) is 0. The van der Waals surface area contributed by atoms with Gasteiger partial charge >= 0.3 is 5.97 Å². The van der Waals surface area contributed by atoms with Crippen LogP contribution in [0.25, 0.3) is 0 Å². The standard InChI is InChI=1S/C23H32N6O5/c1-3-14(2)20(23(33)34)29-22(32)18(9-15-7-5-4-6-8-15)28-19(30)12-26-21(31)17(24)10-16-11-25-13-27-16/h4-8,11,13-14,17-18,20H,3,9-10,12,24H2,1-2H3,(H,25,27)(H,26,31)(H,28,30)(H,29,32)(H,33,34). The summed E-state index contributed by atoms with van der Waals surface area (Å²) in [5.74, 6) is -3.20. The van der Waals surface area contributed by atoms with Crippen molar-refractivity contribution in [2.45, 2.75) is 51.2 Å². The third-order valence-electron chi connectivity index (χ3n) is 5.47. The Hall–Kier alpha value is -3.73. The second-order valence-corrected chi connectivity index (χ2v) is 8.13. The first-order valence-electron chi connectivity index (χ1n) is 11.1. The van der Waals surface area contributed by atoms with E-state index in [9.17, 15) is 24.3 Å². The number of amides is 3. The predicted molar refractivity (Wildman–Crippen MR) is 124 cm³/mol. The molecule has 0 aliphatic rings. The third kappa shape index (κ3) is 8.32. The number of hydrogen-bond acceptors (Lipinski definition) is 6. The highest BCUT2D eigenvalue weighted by Crippen LogP contribution is 2.10. The molecule has 184 valence electrons. The predicted octanol–water partition coefficient (Wildman–Crippen LogP) is -0.261. The van der Waals surface area contributed by atoms with Crippen molar-refractivity contribution in [2.24, 2.45) is 11.7 Å². The van der Waals surface area contributed by atoms with Crippen LogP contribution in [0.3, 0.4) is 0 Å². The van der Waals surface area contributed by atoms with Crippen LogP contribution in [-0.2, 0) is 32.0 Å². The monoisotopic (exact) mass is 472 g/mol. The molecule has 4 atom stereocenters. The van der Waals surface area contributed by atoms with Crippen LogP contribution < -0.4 is 21.7 Å². The molecule has 0 aliphatic heterocycles. The Balaban J connectivity index is 2.01. The van der Waals surface area contributed by atoms with Gasteiger partial charge < -0.3 is 31.8 Å². The Kier molecular flexibility index (Phi) is 10.2. The highest BCUT2D eigenvalue weighted by molar-refractivity contribution is 5.92. The molecule has 0 saturated heterocycles. The number of nitrogens with zero attached hydrogens (tertiary/aromatic N) is 1. The van der Waals surface area contributed by atoms with Crippen LogP contribution >= 0.6 is 0 Å². The van der Waals surface area contributed by atoms with Gasteiger partial charge in [0.1, 0.15) is 12.1 Å². The number of H-pyrrole nitrogens is 1. The van der Waals surface area contributed by atoms with Gasteiger partial charge in [-0.15, -0.1) is 0 Å². The first-order chi connectivity index (χ1) is 16.2. The van der Waals surface area contributed by atoms with Gasteiger partial charge in [-0.3, -0.25) is 14.4 Å². The van der Waals surface area contributed by atoms with Crippen molar-refractivity contribution in [1.29, 1.82) is 0 Å². The maximum Gasteiger partial charge on any atom is 0.326 e. The van der Waals surface area contributed by atoms with Gasteiger partial charge in [0.25, 0.3) is 0 Å². The summed E-state index contributed by atoms with van der Waals surface area (Å²) in [5.41, 5.74) is 7.32. The fourth-order valence-corrected chi connectivity index (χ4v) is 3.27. The molecule has 1 aromatic carbocycles. The molecule has 2 aromatic rings. The molecule has 34 heavy (non-hydrogen) atoms. The van der Waals surface area contributed by atoms with Crippen molar-refractivity contribution < 1.29 is 24.3 Å². The molecule has 7 N–H and O–H groups in total. The number of nitrogens with one attached hydrogen (secondary N) is 4. The lowest BCUT2D eigenvalue weighted by Crippen LogP contribution is -2.55. The summed E-state index contributed by atoms with van der Waals surface area (Å²) >= 11 is 0. The summed E-state index contributed by atoms with van der Waals surface area (Å²) in [6, 6.07) is 6.01. The molecule has 0 aliphatic carbocycles. The van der Waals surface area contributed by atoms with E-state index in [4.69, 9.17) is 5.73 Å². The van der Waals surface area contributed by atoms with Crippen molar-refractivity contribution in [3.63, 3.8) is 0 Å². The van der Waals surface area contributed by atoms with Gasteiger partial charge in [-0.25, -0.2) is 9.78 Å². The topological polar surface area (TPSA) is 179 Å². The normalized spacial score (nSPS) is 14.3. The van der Waals surface area contributed by atoms with Crippen molar-refractivity contribution in [2.75, 3.05) is 6.54 Å². The second-order valence-electron chi connectivity index (χ2n) is 8.13. The van der Waals surface area contributed by atoms with Gasteiger partial charge in [0.2, 0.25) is 17.7 Å². The lowest BCUT2D eigenvalue weighted by Gasteiger charge is -2.24. The van der Waals surface area contributed by atoms with Gasteiger partial charge in [-0.1, -0.05) is 50.6 Å². The average Bonchev–Trinajstić information content (AvgIpc) is 3.33. The Morgan fingerprint density at radius 3 is 2.38 bits per heavy atom. The summed E-state index contributed by atoms with van der Waals surface area (Å²) in [4.78, 5) is 56.0. The Bertz CT molecular complexity index is 950. The molecule has 0 bridgehead atoms. The van der Waals surface area contributed by atoms with Crippen molar-refractivity contribution >= 4 is 23.7 Å². The molecule has 4 unspecified atom stereocenters. The van der Waals surface area contributed by atoms with E-state index in [1.165, 1.54) is 6.33 Å². The van der Waals surface area contributed by atoms with Crippen LogP contribution in [0.1, 0.15) is 31.5 Å². The van der Waals surface area contributed by atoms with Crippen molar-refractivity contribution in [1.82, 2.24) is 25.9 Å². The van der Waals surface area contributed by atoms with E-state index in [1.807, 2.05) is 13.0 Å². The van der Waals surface area contributed by atoms with Crippen LogP contribution in [0.2, 0.25) is 0 Å². The minimum atomic E-state index is -1.15. The Morgan fingerprint density at radius 2 is 1.79 bits per heavy atom. The molecule has 2 rings (SSSR count). The summed E-state index contributed by atoms with van der Waals surface area (Å²) in [6.07, 6.45) is 3.95. The zero-order valence-corrected chi connectivity index (χ0v) is 19.3. The third-order valence-corrected chi connectivity index (χ3v) is 5.47. The van der Waals surface area contributed by atoms with E-state index in [-0.39, 0.29) is 25.3 Å². The van der Waals surface area contributed by atoms with E-state index < -0.39 is 41.8 Å². The van der Waals surface area contributed by atoms with Crippen LogP contribution in [0.15, 0.2) is 42.9 Å². The lowest BCUT2D eigenvalue weighted by molar-refractivity contribution is -0.143. The first-order valence-corrected chi connectivity index (χ1v) is 11.1. The molecule has 11 nitrogen and oxygen atoms in total. The molecule has 11 heteroatoms. The summed E-state index contributed by atoms with van der Waals surface area (Å²) in [5, 5.41) is 17.1. The van der Waals surface area contributed by atoms with E-state index >= 15 is 0 Å². The smallest absolute Gasteiger partial charge is 0.326 e.